The summed E-state index contributed by atoms with van der Waals surface area (Å²) < 4.78 is 0. The average molecular weight is 368 g/mol. The molecule has 0 saturated heterocycles. The fourth-order valence-electron chi connectivity index (χ4n) is 5.33. The number of hydrogen-bond acceptors (Lipinski definition) is 1. The highest BCUT2D eigenvalue weighted by Crippen LogP contribution is 2.56. The number of nitrogens with two attached hydrogens (primary N) is 1. The fraction of sp³-hybridized carbons (Fsp3) is 0.333. The van der Waals surface area contributed by atoms with E-state index in [1.54, 1.807) is 0 Å². The Morgan fingerprint density at radius 2 is 1.11 bits per heavy atom. The molecule has 0 bridgehead atoms. The topological polar surface area (TPSA) is 26.0 Å². The van der Waals surface area contributed by atoms with E-state index in [0.717, 1.165) is 0 Å². The number of rotatable bonds is 1. The highest BCUT2D eigenvalue weighted by atomic mass is 14.7. The smallest absolute Gasteiger partial charge is 0.0352 e. The monoisotopic (exact) mass is 367 g/mol. The standard InChI is InChI=1S/C27H29N/c1-25(2)21-10-8-7-9-17(21)19-14-24-20(15-23(19)25)18-12-11-16(27(5,6)28)13-22(18)26(24,3)4/h7-15H,28H2,1-6H3. The molecule has 0 aliphatic heterocycles. The molecule has 3 aromatic carbocycles. The van der Waals surface area contributed by atoms with Gasteiger partial charge in [-0.05, 0) is 76.1 Å². The van der Waals surface area contributed by atoms with E-state index in [9.17, 15) is 0 Å². The number of hydrogen-bond donors (Lipinski definition) is 1. The average Bonchev–Trinajstić information content (AvgIpc) is 3.00. The first-order chi connectivity index (χ1) is 13.0. The second-order valence-electron chi connectivity index (χ2n) is 10.2. The Morgan fingerprint density at radius 3 is 1.71 bits per heavy atom. The van der Waals surface area contributed by atoms with Crippen molar-refractivity contribution < 1.29 is 0 Å². The summed E-state index contributed by atoms with van der Waals surface area (Å²) in [5.74, 6) is 0. The maximum Gasteiger partial charge on any atom is 0.0352 e. The largest absolute Gasteiger partial charge is 0.322 e. The molecule has 0 radical (unpaired) electrons. The van der Waals surface area contributed by atoms with Crippen molar-refractivity contribution in [2.45, 2.75) is 57.9 Å². The SMILES string of the molecule is CC(C)(N)c1ccc2c(c1)C(C)(C)c1cc3c(cc1-2)C(C)(C)c1ccccc1-3. The van der Waals surface area contributed by atoms with Gasteiger partial charge in [-0.1, -0.05) is 70.2 Å². The summed E-state index contributed by atoms with van der Waals surface area (Å²) in [5.41, 5.74) is 18.5. The lowest BCUT2D eigenvalue weighted by Gasteiger charge is -2.25. The van der Waals surface area contributed by atoms with Crippen molar-refractivity contribution in [3.63, 3.8) is 0 Å². The van der Waals surface area contributed by atoms with Gasteiger partial charge in [-0.25, -0.2) is 0 Å². The third kappa shape index (κ3) is 2.11. The van der Waals surface area contributed by atoms with Crippen LogP contribution < -0.4 is 5.73 Å². The molecule has 0 fully saturated rings. The van der Waals surface area contributed by atoms with E-state index in [2.05, 4.69) is 96.1 Å². The van der Waals surface area contributed by atoms with Crippen LogP contribution in [-0.2, 0) is 16.4 Å². The molecule has 142 valence electrons. The van der Waals surface area contributed by atoms with E-state index in [1.165, 1.54) is 50.1 Å². The summed E-state index contributed by atoms with van der Waals surface area (Å²) in [7, 11) is 0. The van der Waals surface area contributed by atoms with E-state index in [4.69, 9.17) is 5.73 Å². The predicted molar refractivity (Wildman–Crippen MR) is 119 cm³/mol. The molecule has 2 aliphatic carbocycles. The normalized spacial score (nSPS) is 17.7. The molecule has 1 nitrogen and oxygen atoms in total. The van der Waals surface area contributed by atoms with Crippen LogP contribution in [0.2, 0.25) is 0 Å². The van der Waals surface area contributed by atoms with Crippen molar-refractivity contribution >= 4 is 0 Å². The maximum absolute atomic E-state index is 6.41. The summed E-state index contributed by atoms with van der Waals surface area (Å²) in [5, 5.41) is 0. The first kappa shape index (κ1) is 17.7. The van der Waals surface area contributed by atoms with Crippen LogP contribution in [-0.4, -0.2) is 0 Å². The third-order valence-electron chi connectivity index (χ3n) is 7.12. The van der Waals surface area contributed by atoms with E-state index >= 15 is 0 Å². The molecule has 0 atom stereocenters. The quantitative estimate of drug-likeness (QED) is 0.522. The Bertz CT molecular complexity index is 1140. The zero-order chi connectivity index (χ0) is 20.1. The molecule has 3 aromatic rings. The van der Waals surface area contributed by atoms with Crippen LogP contribution in [0.1, 0.15) is 69.4 Å². The van der Waals surface area contributed by atoms with E-state index in [0.29, 0.717) is 0 Å². The third-order valence-corrected chi connectivity index (χ3v) is 7.12. The van der Waals surface area contributed by atoms with Crippen LogP contribution in [0.25, 0.3) is 22.3 Å². The molecule has 2 aliphatic rings. The molecular weight excluding hydrogens is 338 g/mol. The lowest BCUT2D eigenvalue weighted by Crippen LogP contribution is -2.29. The number of fused-ring (bicyclic) bond motifs is 6. The van der Waals surface area contributed by atoms with Crippen LogP contribution in [0.4, 0.5) is 0 Å². The molecule has 0 heterocycles. The zero-order valence-corrected chi connectivity index (χ0v) is 17.8. The summed E-state index contributed by atoms with van der Waals surface area (Å²) in [6.07, 6.45) is 0. The lowest BCUT2D eigenvalue weighted by atomic mass is 9.78. The van der Waals surface area contributed by atoms with Gasteiger partial charge >= 0.3 is 0 Å². The zero-order valence-electron chi connectivity index (χ0n) is 17.8. The molecule has 28 heavy (non-hydrogen) atoms. The molecule has 5 rings (SSSR count). The van der Waals surface area contributed by atoms with Crippen molar-refractivity contribution in [2.75, 3.05) is 0 Å². The molecule has 0 aromatic heterocycles. The van der Waals surface area contributed by atoms with Crippen LogP contribution in [0.15, 0.2) is 54.6 Å². The van der Waals surface area contributed by atoms with Gasteiger partial charge in [0.2, 0.25) is 0 Å². The summed E-state index contributed by atoms with van der Waals surface area (Å²) in [6.45, 7) is 13.6. The van der Waals surface area contributed by atoms with Crippen LogP contribution in [0.5, 0.6) is 0 Å². The molecule has 0 amide bonds. The van der Waals surface area contributed by atoms with Crippen molar-refractivity contribution in [1.82, 2.24) is 0 Å². The van der Waals surface area contributed by atoms with Gasteiger partial charge in [-0.15, -0.1) is 0 Å². The summed E-state index contributed by atoms with van der Waals surface area (Å²) >= 11 is 0. The second kappa shape index (κ2) is 5.15. The van der Waals surface area contributed by atoms with Crippen molar-refractivity contribution in [3.8, 4) is 22.3 Å². The Morgan fingerprint density at radius 1 is 0.607 bits per heavy atom. The highest BCUT2D eigenvalue weighted by molar-refractivity contribution is 5.89. The second-order valence-corrected chi connectivity index (χ2v) is 10.2. The van der Waals surface area contributed by atoms with Gasteiger partial charge in [-0.3, -0.25) is 0 Å². The number of benzene rings is 3. The Kier molecular flexibility index (Phi) is 3.26. The van der Waals surface area contributed by atoms with Gasteiger partial charge in [-0.2, -0.15) is 0 Å². The predicted octanol–water partition coefficient (Wildman–Crippen LogP) is 6.49. The molecule has 0 spiro atoms. The minimum Gasteiger partial charge on any atom is -0.322 e. The summed E-state index contributed by atoms with van der Waals surface area (Å²) in [6, 6.07) is 20.6. The molecule has 1 heteroatoms. The molecule has 0 saturated carbocycles. The Balaban J connectivity index is 1.79. The van der Waals surface area contributed by atoms with Crippen molar-refractivity contribution in [2.24, 2.45) is 5.73 Å². The Labute approximate surface area is 168 Å². The lowest BCUT2D eigenvalue weighted by molar-refractivity contribution is 0.551. The molecule has 2 N–H and O–H groups in total. The van der Waals surface area contributed by atoms with Gasteiger partial charge in [0, 0.05) is 16.4 Å². The highest BCUT2D eigenvalue weighted by Gasteiger charge is 2.41. The first-order valence-corrected chi connectivity index (χ1v) is 10.3. The van der Waals surface area contributed by atoms with Gasteiger partial charge in [0.15, 0.2) is 0 Å². The van der Waals surface area contributed by atoms with Gasteiger partial charge in [0.05, 0.1) is 0 Å². The Hall–Kier alpha value is -2.38. The van der Waals surface area contributed by atoms with E-state index in [-0.39, 0.29) is 16.4 Å². The maximum atomic E-state index is 6.41. The van der Waals surface area contributed by atoms with Gasteiger partial charge in [0.25, 0.3) is 0 Å². The van der Waals surface area contributed by atoms with Crippen molar-refractivity contribution in [3.05, 3.63) is 82.4 Å². The molecular formula is C27H29N. The van der Waals surface area contributed by atoms with Gasteiger partial charge < -0.3 is 5.73 Å². The molecule has 0 unspecified atom stereocenters. The van der Waals surface area contributed by atoms with Crippen LogP contribution >= 0.6 is 0 Å². The van der Waals surface area contributed by atoms with E-state index in [1.807, 2.05) is 0 Å². The minimum atomic E-state index is -0.331. The fourth-order valence-corrected chi connectivity index (χ4v) is 5.33. The van der Waals surface area contributed by atoms with Crippen molar-refractivity contribution in [1.29, 1.82) is 0 Å². The van der Waals surface area contributed by atoms with Gasteiger partial charge in [0.1, 0.15) is 0 Å². The van der Waals surface area contributed by atoms with Crippen LogP contribution in [0.3, 0.4) is 0 Å². The minimum absolute atomic E-state index is 0.0252. The van der Waals surface area contributed by atoms with E-state index < -0.39 is 0 Å². The summed E-state index contributed by atoms with van der Waals surface area (Å²) in [4.78, 5) is 0. The first-order valence-electron chi connectivity index (χ1n) is 10.3. The van der Waals surface area contributed by atoms with Crippen LogP contribution in [0, 0.1) is 0 Å².